The highest BCUT2D eigenvalue weighted by molar-refractivity contribution is 5.16. The van der Waals surface area contributed by atoms with Crippen LogP contribution in [0.2, 0.25) is 0 Å². The quantitative estimate of drug-likeness (QED) is 0.626. The minimum absolute atomic E-state index is 0.163. The maximum Gasteiger partial charge on any atom is 0.0726 e. The first-order valence-corrected chi connectivity index (χ1v) is 10.2. The maximum atomic E-state index is 11.5. The van der Waals surface area contributed by atoms with Crippen LogP contribution < -0.4 is 0 Å². The molecule has 4 rings (SSSR count). The Kier molecular flexibility index (Phi) is 3.59. The lowest BCUT2D eigenvalue weighted by molar-refractivity contribution is -0.160. The molecule has 0 aromatic carbocycles. The molecular weight excluding hydrogens is 280 g/mol. The molecule has 0 spiro atoms. The number of rotatable bonds is 1. The van der Waals surface area contributed by atoms with Crippen LogP contribution >= 0.6 is 0 Å². The summed E-state index contributed by atoms with van der Waals surface area (Å²) in [7, 11) is 0. The van der Waals surface area contributed by atoms with Crippen LogP contribution in [0.15, 0.2) is 12.2 Å². The second-order valence-corrected chi connectivity index (χ2v) is 10.1. The van der Waals surface area contributed by atoms with Gasteiger partial charge in [0.25, 0.3) is 0 Å². The van der Waals surface area contributed by atoms with Gasteiger partial charge in [0, 0.05) is 0 Å². The Bertz CT molecular complexity index is 508. The Hall–Kier alpha value is -0.300. The first-order chi connectivity index (χ1) is 10.8. The highest BCUT2D eigenvalue weighted by Crippen LogP contribution is 2.68. The summed E-state index contributed by atoms with van der Waals surface area (Å²) in [5.74, 6) is 3.84. The summed E-state index contributed by atoms with van der Waals surface area (Å²) < 4.78 is 0. The summed E-state index contributed by atoms with van der Waals surface area (Å²) in [6.07, 6.45) is 15.3. The molecule has 4 aliphatic rings. The van der Waals surface area contributed by atoms with Crippen molar-refractivity contribution in [1.29, 1.82) is 0 Å². The molecule has 0 saturated heterocycles. The van der Waals surface area contributed by atoms with Crippen molar-refractivity contribution in [2.24, 2.45) is 40.4 Å². The van der Waals surface area contributed by atoms with E-state index in [1.54, 1.807) is 0 Å². The Morgan fingerprint density at radius 1 is 0.957 bits per heavy atom. The van der Waals surface area contributed by atoms with E-state index >= 15 is 0 Å². The lowest BCUT2D eigenvalue weighted by Crippen LogP contribution is -2.57. The van der Waals surface area contributed by atoms with Crippen molar-refractivity contribution in [3.63, 3.8) is 0 Å². The van der Waals surface area contributed by atoms with Gasteiger partial charge in [0.05, 0.1) is 5.60 Å². The average Bonchev–Trinajstić information content (AvgIpc) is 2.80. The minimum Gasteiger partial charge on any atom is -0.389 e. The zero-order chi connectivity index (χ0) is 16.5. The van der Waals surface area contributed by atoms with Crippen LogP contribution in [0.25, 0.3) is 0 Å². The molecule has 1 N–H and O–H groups in total. The van der Waals surface area contributed by atoms with Gasteiger partial charge in [0.15, 0.2) is 0 Å². The third-order valence-corrected chi connectivity index (χ3v) is 9.38. The monoisotopic (exact) mass is 316 g/mol. The molecular formula is C22H36O. The van der Waals surface area contributed by atoms with E-state index in [1.165, 1.54) is 44.9 Å². The van der Waals surface area contributed by atoms with Crippen molar-refractivity contribution in [3.8, 4) is 0 Å². The van der Waals surface area contributed by atoms with Crippen molar-refractivity contribution in [2.45, 2.75) is 84.7 Å². The number of hydrogen-bond acceptors (Lipinski definition) is 1. The number of hydrogen-bond donors (Lipinski definition) is 1. The van der Waals surface area contributed by atoms with Crippen LogP contribution in [0.3, 0.4) is 0 Å². The molecule has 130 valence electrons. The van der Waals surface area contributed by atoms with Gasteiger partial charge in [-0.1, -0.05) is 39.8 Å². The van der Waals surface area contributed by atoms with Crippen molar-refractivity contribution in [3.05, 3.63) is 12.2 Å². The van der Waals surface area contributed by atoms with Crippen LogP contribution in [-0.4, -0.2) is 10.7 Å². The average molecular weight is 317 g/mol. The van der Waals surface area contributed by atoms with Gasteiger partial charge in [-0.2, -0.15) is 0 Å². The first kappa shape index (κ1) is 16.2. The Morgan fingerprint density at radius 2 is 1.70 bits per heavy atom. The SMILES string of the molecule is CC(C)[C@@]1(O)CC[C@H]2[C@@H]3CC[C@@H]4CC=CC[C@]4(C)[C@H]3CC[C@@]21C. The molecule has 3 saturated carbocycles. The largest absolute Gasteiger partial charge is 0.389 e. The topological polar surface area (TPSA) is 20.2 Å². The summed E-state index contributed by atoms with van der Waals surface area (Å²) >= 11 is 0. The Balaban J connectivity index is 1.67. The smallest absolute Gasteiger partial charge is 0.0726 e. The maximum absolute atomic E-state index is 11.5. The third-order valence-electron chi connectivity index (χ3n) is 9.38. The molecule has 0 amide bonds. The van der Waals surface area contributed by atoms with E-state index in [4.69, 9.17) is 0 Å². The van der Waals surface area contributed by atoms with Crippen molar-refractivity contribution in [1.82, 2.24) is 0 Å². The highest BCUT2D eigenvalue weighted by Gasteiger charge is 2.64. The van der Waals surface area contributed by atoms with E-state index in [0.717, 1.165) is 30.1 Å². The third kappa shape index (κ3) is 1.95. The Morgan fingerprint density at radius 3 is 2.43 bits per heavy atom. The molecule has 7 atom stereocenters. The molecule has 0 bridgehead atoms. The molecule has 0 aliphatic heterocycles. The lowest BCUT2D eigenvalue weighted by Gasteiger charge is -2.61. The van der Waals surface area contributed by atoms with Gasteiger partial charge in [-0.05, 0) is 91.8 Å². The van der Waals surface area contributed by atoms with E-state index in [2.05, 4.69) is 39.8 Å². The summed E-state index contributed by atoms with van der Waals surface area (Å²) in [6.45, 7) is 9.52. The second-order valence-electron chi connectivity index (χ2n) is 10.1. The van der Waals surface area contributed by atoms with Gasteiger partial charge in [-0.25, -0.2) is 0 Å². The highest BCUT2D eigenvalue weighted by atomic mass is 16.3. The van der Waals surface area contributed by atoms with Crippen LogP contribution in [-0.2, 0) is 0 Å². The van der Waals surface area contributed by atoms with Gasteiger partial charge in [0.1, 0.15) is 0 Å². The summed E-state index contributed by atoms with van der Waals surface area (Å²) in [6, 6.07) is 0. The summed E-state index contributed by atoms with van der Waals surface area (Å²) in [5.41, 5.74) is 0.278. The zero-order valence-electron chi connectivity index (χ0n) is 15.6. The molecule has 0 aromatic rings. The Labute approximate surface area is 142 Å². The predicted molar refractivity (Wildman–Crippen MR) is 96.0 cm³/mol. The predicted octanol–water partition coefficient (Wildman–Crippen LogP) is 5.58. The van der Waals surface area contributed by atoms with Gasteiger partial charge >= 0.3 is 0 Å². The number of allylic oxidation sites excluding steroid dienone is 2. The second kappa shape index (κ2) is 5.10. The van der Waals surface area contributed by atoms with Gasteiger partial charge < -0.3 is 5.11 Å². The fourth-order valence-corrected chi connectivity index (χ4v) is 7.84. The zero-order valence-corrected chi connectivity index (χ0v) is 15.6. The summed E-state index contributed by atoms with van der Waals surface area (Å²) in [4.78, 5) is 0. The van der Waals surface area contributed by atoms with Crippen LogP contribution in [0.5, 0.6) is 0 Å². The van der Waals surface area contributed by atoms with Gasteiger partial charge in [0.2, 0.25) is 0 Å². The van der Waals surface area contributed by atoms with Gasteiger partial charge in [-0.3, -0.25) is 0 Å². The molecule has 1 nitrogen and oxygen atoms in total. The van der Waals surface area contributed by atoms with Crippen molar-refractivity contribution < 1.29 is 5.11 Å². The molecule has 0 heterocycles. The van der Waals surface area contributed by atoms with Crippen LogP contribution in [0.1, 0.15) is 79.1 Å². The number of fused-ring (bicyclic) bond motifs is 5. The first-order valence-electron chi connectivity index (χ1n) is 10.2. The van der Waals surface area contributed by atoms with E-state index in [1.807, 2.05) is 0 Å². The van der Waals surface area contributed by atoms with E-state index in [-0.39, 0.29) is 5.41 Å². The lowest BCUT2D eigenvalue weighted by atomic mass is 9.44. The van der Waals surface area contributed by atoms with Crippen LogP contribution in [0, 0.1) is 40.4 Å². The van der Waals surface area contributed by atoms with Crippen molar-refractivity contribution in [2.75, 3.05) is 0 Å². The molecule has 0 unspecified atom stereocenters. The molecule has 0 aromatic heterocycles. The molecule has 3 fully saturated rings. The van der Waals surface area contributed by atoms with Crippen LogP contribution in [0.4, 0.5) is 0 Å². The molecule has 1 heteroatoms. The number of aliphatic hydroxyl groups is 1. The standard InChI is InChI=1S/C22H36O/c1-15(2)22(23)14-11-19-17-9-8-16-7-5-6-12-20(16,3)18(17)10-13-21(19,22)4/h5-6,15-19,23H,7-14H2,1-4H3/t16-,17+,18-,19-,20-,21-,22-/m0/s1. The molecule has 0 radical (unpaired) electrons. The van der Waals surface area contributed by atoms with Crippen molar-refractivity contribution >= 4 is 0 Å². The normalized spacial score (nSPS) is 55.4. The van der Waals surface area contributed by atoms with Gasteiger partial charge in [-0.15, -0.1) is 0 Å². The van der Waals surface area contributed by atoms with E-state index in [9.17, 15) is 5.11 Å². The molecule has 23 heavy (non-hydrogen) atoms. The fourth-order valence-electron chi connectivity index (χ4n) is 7.84. The summed E-state index contributed by atoms with van der Waals surface area (Å²) in [5, 5.41) is 11.5. The van der Waals surface area contributed by atoms with E-state index < -0.39 is 5.60 Å². The molecule has 4 aliphatic carbocycles. The van der Waals surface area contributed by atoms with E-state index in [0.29, 0.717) is 11.3 Å². The minimum atomic E-state index is -0.424. The fraction of sp³-hybridized carbons (Fsp3) is 0.909.